The first kappa shape index (κ1) is 15.9. The summed E-state index contributed by atoms with van der Waals surface area (Å²) in [5.41, 5.74) is 0. The fourth-order valence-corrected chi connectivity index (χ4v) is 1.79. The van der Waals surface area contributed by atoms with Gasteiger partial charge in [0.2, 0.25) is 0 Å². The van der Waals surface area contributed by atoms with E-state index >= 15 is 0 Å². The van der Waals surface area contributed by atoms with Crippen molar-refractivity contribution >= 4 is 0 Å². The lowest BCUT2D eigenvalue weighted by molar-refractivity contribution is 0.216. The van der Waals surface area contributed by atoms with Crippen molar-refractivity contribution in [2.24, 2.45) is 11.8 Å². The summed E-state index contributed by atoms with van der Waals surface area (Å²) in [4.78, 5) is 2.51. The molecule has 1 unspecified atom stereocenters. The maximum atomic E-state index is 3.56. The van der Waals surface area contributed by atoms with Crippen LogP contribution in [0.1, 0.15) is 47.5 Å². The van der Waals surface area contributed by atoms with E-state index in [1.165, 1.54) is 19.4 Å². The van der Waals surface area contributed by atoms with Crippen molar-refractivity contribution in [2.75, 3.05) is 26.7 Å². The van der Waals surface area contributed by atoms with Crippen LogP contribution < -0.4 is 5.32 Å². The molecular formula is C14H32N2. The highest BCUT2D eigenvalue weighted by Crippen LogP contribution is 2.06. The summed E-state index contributed by atoms with van der Waals surface area (Å²) in [5, 5.41) is 3.56. The van der Waals surface area contributed by atoms with E-state index in [0.29, 0.717) is 6.04 Å². The molecule has 0 radical (unpaired) electrons. The van der Waals surface area contributed by atoms with Gasteiger partial charge in [0.05, 0.1) is 0 Å². The second-order valence-corrected chi connectivity index (χ2v) is 5.78. The average Bonchev–Trinajstić information content (AvgIpc) is 2.20. The van der Waals surface area contributed by atoms with Crippen molar-refractivity contribution in [2.45, 2.75) is 53.5 Å². The van der Waals surface area contributed by atoms with Gasteiger partial charge in [0.15, 0.2) is 0 Å². The van der Waals surface area contributed by atoms with E-state index in [2.05, 4.69) is 51.9 Å². The molecule has 0 aromatic rings. The summed E-state index contributed by atoms with van der Waals surface area (Å²) in [7, 11) is 2.26. The highest BCUT2D eigenvalue weighted by molar-refractivity contribution is 4.70. The minimum Gasteiger partial charge on any atom is -0.315 e. The van der Waals surface area contributed by atoms with Crippen LogP contribution in [0, 0.1) is 11.8 Å². The molecule has 0 aliphatic carbocycles. The molecule has 0 spiro atoms. The van der Waals surface area contributed by atoms with Gasteiger partial charge in [-0.3, -0.25) is 0 Å². The molecule has 16 heavy (non-hydrogen) atoms. The Morgan fingerprint density at radius 3 is 2.06 bits per heavy atom. The second-order valence-electron chi connectivity index (χ2n) is 5.78. The molecule has 2 nitrogen and oxygen atoms in total. The van der Waals surface area contributed by atoms with Crippen LogP contribution in [0.4, 0.5) is 0 Å². The molecule has 0 aromatic heterocycles. The van der Waals surface area contributed by atoms with Crippen LogP contribution in [-0.2, 0) is 0 Å². The fraction of sp³-hybridized carbons (Fsp3) is 1.00. The number of hydrogen-bond donors (Lipinski definition) is 1. The predicted octanol–water partition coefficient (Wildman–Crippen LogP) is 2.99. The Kier molecular flexibility index (Phi) is 8.96. The second kappa shape index (κ2) is 9.00. The number of hydrogen-bond acceptors (Lipinski definition) is 2. The van der Waals surface area contributed by atoms with Gasteiger partial charge in [-0.1, -0.05) is 34.6 Å². The first-order valence-electron chi connectivity index (χ1n) is 6.88. The summed E-state index contributed by atoms with van der Waals surface area (Å²) in [6.45, 7) is 14.9. The van der Waals surface area contributed by atoms with Crippen molar-refractivity contribution in [1.29, 1.82) is 0 Å². The molecule has 0 bridgehead atoms. The van der Waals surface area contributed by atoms with Crippen LogP contribution in [0.15, 0.2) is 0 Å². The molecule has 1 N–H and O–H groups in total. The average molecular weight is 228 g/mol. The highest BCUT2D eigenvalue weighted by atomic mass is 15.1. The molecule has 0 fully saturated rings. The van der Waals surface area contributed by atoms with Crippen molar-refractivity contribution in [3.05, 3.63) is 0 Å². The van der Waals surface area contributed by atoms with Crippen molar-refractivity contribution in [1.82, 2.24) is 10.2 Å². The fourth-order valence-electron chi connectivity index (χ4n) is 1.79. The van der Waals surface area contributed by atoms with Crippen LogP contribution in [0.2, 0.25) is 0 Å². The van der Waals surface area contributed by atoms with E-state index in [0.717, 1.165) is 24.9 Å². The van der Waals surface area contributed by atoms with E-state index in [9.17, 15) is 0 Å². The zero-order chi connectivity index (χ0) is 12.6. The lowest BCUT2D eigenvalue weighted by Gasteiger charge is -2.28. The van der Waals surface area contributed by atoms with Gasteiger partial charge in [-0.2, -0.15) is 0 Å². The van der Waals surface area contributed by atoms with Gasteiger partial charge in [-0.15, -0.1) is 0 Å². The highest BCUT2D eigenvalue weighted by Gasteiger charge is 2.12. The van der Waals surface area contributed by atoms with Gasteiger partial charge >= 0.3 is 0 Å². The van der Waals surface area contributed by atoms with Crippen molar-refractivity contribution in [3.8, 4) is 0 Å². The smallest absolute Gasteiger partial charge is 0.0214 e. The lowest BCUT2D eigenvalue weighted by Crippen LogP contribution is -2.41. The molecule has 0 aliphatic rings. The molecule has 0 amide bonds. The third kappa shape index (κ3) is 8.12. The number of likely N-dealkylation sites (N-methyl/N-ethyl adjacent to an activating group) is 1. The lowest BCUT2D eigenvalue weighted by atomic mass is 10.1. The van der Waals surface area contributed by atoms with Crippen LogP contribution >= 0.6 is 0 Å². The minimum atomic E-state index is 0.692. The summed E-state index contributed by atoms with van der Waals surface area (Å²) in [6, 6.07) is 0.692. The summed E-state index contributed by atoms with van der Waals surface area (Å²) in [5.74, 6) is 1.56. The third-order valence-electron chi connectivity index (χ3n) is 3.09. The number of nitrogens with zero attached hydrogens (tertiary/aromatic N) is 1. The van der Waals surface area contributed by atoms with Crippen molar-refractivity contribution < 1.29 is 0 Å². The van der Waals surface area contributed by atoms with E-state index in [1.54, 1.807) is 0 Å². The van der Waals surface area contributed by atoms with E-state index in [4.69, 9.17) is 0 Å². The quantitative estimate of drug-likeness (QED) is 0.652. The maximum Gasteiger partial charge on any atom is 0.0214 e. The molecule has 1 atom stereocenters. The summed E-state index contributed by atoms with van der Waals surface area (Å²) >= 11 is 0. The van der Waals surface area contributed by atoms with Crippen LogP contribution in [0.25, 0.3) is 0 Å². The Morgan fingerprint density at radius 2 is 1.62 bits per heavy atom. The molecule has 0 rings (SSSR count). The Hall–Kier alpha value is -0.0800. The third-order valence-corrected chi connectivity index (χ3v) is 3.09. The van der Waals surface area contributed by atoms with Gasteiger partial charge in [0, 0.05) is 12.6 Å². The molecule has 0 aliphatic heterocycles. The van der Waals surface area contributed by atoms with Gasteiger partial charge in [0.25, 0.3) is 0 Å². The SMILES string of the molecule is CCC(CNCC(C)C)N(C)CCC(C)C. The van der Waals surface area contributed by atoms with E-state index in [1.807, 2.05) is 0 Å². The van der Waals surface area contributed by atoms with Crippen LogP contribution in [0.5, 0.6) is 0 Å². The van der Waals surface area contributed by atoms with Gasteiger partial charge in [0.1, 0.15) is 0 Å². The van der Waals surface area contributed by atoms with Crippen LogP contribution in [-0.4, -0.2) is 37.6 Å². The zero-order valence-corrected chi connectivity index (χ0v) is 12.2. The molecule has 98 valence electrons. The van der Waals surface area contributed by atoms with E-state index in [-0.39, 0.29) is 0 Å². The molecule has 2 heteroatoms. The first-order chi connectivity index (χ1) is 7.47. The number of rotatable bonds is 9. The Labute approximate surface area is 103 Å². The Bertz CT molecular complexity index is 155. The molecule has 0 saturated carbocycles. The monoisotopic (exact) mass is 228 g/mol. The van der Waals surface area contributed by atoms with Crippen LogP contribution in [0.3, 0.4) is 0 Å². The number of nitrogens with one attached hydrogen (secondary N) is 1. The summed E-state index contributed by atoms with van der Waals surface area (Å²) < 4.78 is 0. The van der Waals surface area contributed by atoms with Gasteiger partial charge < -0.3 is 10.2 Å². The topological polar surface area (TPSA) is 15.3 Å². The normalized spacial score (nSPS) is 14.1. The zero-order valence-electron chi connectivity index (χ0n) is 12.2. The predicted molar refractivity (Wildman–Crippen MR) is 73.9 cm³/mol. The first-order valence-corrected chi connectivity index (χ1v) is 6.88. The Balaban J connectivity index is 3.78. The standard InChI is InChI=1S/C14H32N2/c1-7-14(11-15-10-13(4)5)16(6)9-8-12(2)3/h12-15H,7-11H2,1-6H3. The molecule has 0 saturated heterocycles. The minimum absolute atomic E-state index is 0.692. The van der Waals surface area contributed by atoms with Gasteiger partial charge in [-0.25, -0.2) is 0 Å². The summed E-state index contributed by atoms with van der Waals surface area (Å²) in [6.07, 6.45) is 2.54. The Morgan fingerprint density at radius 1 is 1.00 bits per heavy atom. The molecular weight excluding hydrogens is 196 g/mol. The van der Waals surface area contributed by atoms with Crippen molar-refractivity contribution in [3.63, 3.8) is 0 Å². The maximum absolute atomic E-state index is 3.56. The largest absolute Gasteiger partial charge is 0.315 e. The van der Waals surface area contributed by atoms with E-state index < -0.39 is 0 Å². The molecule has 0 heterocycles. The molecule has 0 aromatic carbocycles. The van der Waals surface area contributed by atoms with Gasteiger partial charge in [-0.05, 0) is 44.8 Å².